The molecule has 2 rings (SSSR count). The maximum Gasteiger partial charge on any atom is 0.333 e. The molecule has 0 bridgehead atoms. The molecular weight excluding hydrogens is 786 g/mol. The topological polar surface area (TPSA) is 167 Å². The van der Waals surface area contributed by atoms with Crippen LogP contribution in [0.5, 0.6) is 5.75 Å². The largest absolute Gasteiger partial charge is 0.492 e. The zero-order chi connectivity index (χ0) is 44.8. The van der Waals surface area contributed by atoms with E-state index in [0.717, 1.165) is 46.3 Å². The van der Waals surface area contributed by atoms with Crippen molar-refractivity contribution < 1.29 is 70.7 Å². The number of ether oxygens (including phenoxy) is 7. The Balaban J connectivity index is 2.58. The zero-order valence-electron chi connectivity index (χ0n) is 35.2. The van der Waals surface area contributed by atoms with Crippen molar-refractivity contribution >= 4 is 35.8 Å². The van der Waals surface area contributed by atoms with E-state index < -0.39 is 92.1 Å². The number of halogens is 2. The predicted molar refractivity (Wildman–Crippen MR) is 216 cm³/mol. The first-order valence-corrected chi connectivity index (χ1v) is 19.5. The summed E-state index contributed by atoms with van der Waals surface area (Å²) in [5, 5.41) is 0. The number of rotatable bonds is 27. The van der Waals surface area contributed by atoms with Gasteiger partial charge in [-0.15, -0.1) is 0 Å². The number of hydrogen-bond acceptors (Lipinski definition) is 13. The fraction of sp³-hybridized carbons (Fsp3) is 0.467. The highest BCUT2D eigenvalue weighted by atomic mass is 19.1. The van der Waals surface area contributed by atoms with Crippen molar-refractivity contribution in [1.29, 1.82) is 0 Å². The smallest absolute Gasteiger partial charge is 0.333 e. The van der Waals surface area contributed by atoms with Crippen molar-refractivity contribution in [3.63, 3.8) is 0 Å². The molecule has 13 nitrogen and oxygen atoms in total. The lowest BCUT2D eigenvalue weighted by Crippen LogP contribution is -2.44. The van der Waals surface area contributed by atoms with Crippen LogP contribution in [0.2, 0.25) is 0 Å². The second-order valence-corrected chi connectivity index (χ2v) is 14.4. The molecule has 0 aliphatic heterocycles. The molecule has 1 unspecified atom stereocenters. The number of carbonyl (C=O) groups is 6. The first-order valence-electron chi connectivity index (χ1n) is 19.5. The first-order chi connectivity index (χ1) is 28.4. The zero-order valence-corrected chi connectivity index (χ0v) is 35.2. The van der Waals surface area contributed by atoms with E-state index in [1.165, 1.54) is 44.2 Å². The molecule has 0 saturated carbocycles. The summed E-state index contributed by atoms with van der Waals surface area (Å²) in [7, 11) is 2.18. The number of unbranched alkanes of at least 4 members (excludes halogenated alkanes) is 4. The molecule has 0 aromatic heterocycles. The fourth-order valence-corrected chi connectivity index (χ4v) is 5.57. The third-order valence-corrected chi connectivity index (χ3v) is 9.01. The van der Waals surface area contributed by atoms with Gasteiger partial charge in [0.25, 0.3) is 0 Å². The van der Waals surface area contributed by atoms with Gasteiger partial charge >= 0.3 is 35.8 Å². The number of benzene rings is 2. The van der Waals surface area contributed by atoms with E-state index in [0.29, 0.717) is 17.5 Å². The second kappa shape index (κ2) is 25.6. The lowest BCUT2D eigenvalue weighted by molar-refractivity contribution is -0.164. The summed E-state index contributed by atoms with van der Waals surface area (Å²) in [6.07, 6.45) is 4.55. The first kappa shape index (κ1) is 50.3. The third kappa shape index (κ3) is 17.2. The highest BCUT2D eigenvalue weighted by Crippen LogP contribution is 2.34. The minimum absolute atomic E-state index is 0.0172. The van der Waals surface area contributed by atoms with Gasteiger partial charge in [-0.3, -0.25) is 14.4 Å². The Hall–Kier alpha value is -5.86. The molecule has 0 heterocycles. The Morgan fingerprint density at radius 3 is 1.80 bits per heavy atom. The average Bonchev–Trinajstić information content (AvgIpc) is 3.21. The minimum atomic E-state index is -1.67. The molecule has 2 aromatic rings. The Labute approximate surface area is 350 Å². The van der Waals surface area contributed by atoms with Crippen LogP contribution in [0.1, 0.15) is 83.3 Å². The van der Waals surface area contributed by atoms with Gasteiger partial charge in [0.15, 0.2) is 0 Å². The standard InChI is InChI=1S/C45H56F2O13/c1-9-10-11-12-13-15-32-21-35(46)41(36(47)22-32)34-17-18-37(33(23-34)16-14-19-56-42(51)29(2)3)57-25-45(28-60-43(52)30(4)5,27-59-40(50)24-38(48)54-7)26-58-39(49)20-31(6)44(53)55-8/h17-18,21-23H,2,4,6,9-16,19-20,24-28H2,1,3,5,7-8H3. The van der Waals surface area contributed by atoms with E-state index in [1.807, 2.05) is 0 Å². The van der Waals surface area contributed by atoms with Crippen molar-refractivity contribution in [3.8, 4) is 16.9 Å². The summed E-state index contributed by atoms with van der Waals surface area (Å²) in [5.41, 5.74) is -0.784. The maximum atomic E-state index is 15.7. The molecule has 1 atom stereocenters. The minimum Gasteiger partial charge on any atom is -0.492 e. The predicted octanol–water partition coefficient (Wildman–Crippen LogP) is 7.45. The van der Waals surface area contributed by atoms with Gasteiger partial charge in [-0.25, -0.2) is 23.2 Å². The molecule has 0 spiro atoms. The van der Waals surface area contributed by atoms with Crippen molar-refractivity contribution in [1.82, 2.24) is 0 Å². The SMILES string of the molecule is C=C(C)C(=O)OCCCc1cc(-c2c(F)cc(CCCCCCC)cc2F)ccc1OCC(COC(=O)CC(=C)C(=O)OC)(COC(=O)CC(=O)OC)COC(=O)C(=C)C. The Kier molecular flexibility index (Phi) is 21.4. The van der Waals surface area contributed by atoms with E-state index in [1.54, 1.807) is 0 Å². The summed E-state index contributed by atoms with van der Waals surface area (Å²) < 4.78 is 68.3. The van der Waals surface area contributed by atoms with Gasteiger partial charge in [-0.1, -0.05) is 58.4 Å². The third-order valence-electron chi connectivity index (χ3n) is 9.01. The molecule has 0 aliphatic carbocycles. The molecule has 0 N–H and O–H groups in total. The molecule has 2 aromatic carbocycles. The van der Waals surface area contributed by atoms with Gasteiger partial charge < -0.3 is 33.2 Å². The normalized spacial score (nSPS) is 11.7. The molecule has 0 saturated heterocycles. The number of carbonyl (C=O) groups excluding carboxylic acids is 6. The van der Waals surface area contributed by atoms with Crippen LogP contribution in [0.3, 0.4) is 0 Å². The molecule has 328 valence electrons. The van der Waals surface area contributed by atoms with Gasteiger partial charge in [0, 0.05) is 16.7 Å². The lowest BCUT2D eigenvalue weighted by Gasteiger charge is -2.32. The van der Waals surface area contributed by atoms with Crippen LogP contribution in [-0.4, -0.2) is 83.1 Å². The van der Waals surface area contributed by atoms with Crippen molar-refractivity contribution in [3.05, 3.63) is 89.5 Å². The maximum absolute atomic E-state index is 15.7. The fourth-order valence-electron chi connectivity index (χ4n) is 5.57. The Morgan fingerprint density at radius 1 is 0.633 bits per heavy atom. The number of hydrogen-bond donors (Lipinski definition) is 0. The molecule has 0 aliphatic rings. The summed E-state index contributed by atoms with van der Waals surface area (Å²) in [6, 6.07) is 7.08. The van der Waals surface area contributed by atoms with Crippen molar-refractivity contribution in [2.24, 2.45) is 5.41 Å². The van der Waals surface area contributed by atoms with Crippen LogP contribution in [0, 0.1) is 17.0 Å². The molecule has 15 heteroatoms. The number of aryl methyl sites for hydroxylation is 2. The van der Waals surface area contributed by atoms with E-state index in [4.69, 9.17) is 23.7 Å². The van der Waals surface area contributed by atoms with Gasteiger partial charge in [0.1, 0.15) is 55.6 Å². The molecule has 0 fully saturated rings. The van der Waals surface area contributed by atoms with Gasteiger partial charge in [0.2, 0.25) is 0 Å². The van der Waals surface area contributed by atoms with Crippen LogP contribution < -0.4 is 4.74 Å². The summed E-state index contributed by atoms with van der Waals surface area (Å²) in [6.45, 7) is 13.3. The van der Waals surface area contributed by atoms with Crippen LogP contribution in [0.4, 0.5) is 8.78 Å². The molecule has 60 heavy (non-hydrogen) atoms. The lowest BCUT2D eigenvalue weighted by atomic mass is 9.91. The highest BCUT2D eigenvalue weighted by molar-refractivity contribution is 5.93. The van der Waals surface area contributed by atoms with E-state index in [-0.39, 0.29) is 53.0 Å². The number of esters is 6. The van der Waals surface area contributed by atoms with Gasteiger partial charge in [-0.2, -0.15) is 0 Å². The number of methoxy groups -OCH3 is 2. The Bertz CT molecular complexity index is 1860. The highest BCUT2D eigenvalue weighted by Gasteiger charge is 2.38. The summed E-state index contributed by atoms with van der Waals surface area (Å²) in [4.78, 5) is 73.8. The summed E-state index contributed by atoms with van der Waals surface area (Å²) in [5.74, 6) is -6.50. The van der Waals surface area contributed by atoms with Crippen molar-refractivity contribution in [2.75, 3.05) is 47.3 Å². The quantitative estimate of drug-likeness (QED) is 0.0286. The van der Waals surface area contributed by atoms with E-state index >= 15 is 8.78 Å². The van der Waals surface area contributed by atoms with Crippen LogP contribution >= 0.6 is 0 Å². The molecular formula is C45H56F2O13. The monoisotopic (exact) mass is 842 g/mol. The van der Waals surface area contributed by atoms with E-state index in [9.17, 15) is 28.8 Å². The van der Waals surface area contributed by atoms with Gasteiger partial charge in [-0.05, 0) is 80.5 Å². The van der Waals surface area contributed by atoms with E-state index in [2.05, 4.69) is 36.1 Å². The summed E-state index contributed by atoms with van der Waals surface area (Å²) >= 11 is 0. The van der Waals surface area contributed by atoms with Crippen molar-refractivity contribution in [2.45, 2.75) is 85.0 Å². The van der Waals surface area contributed by atoms with Crippen LogP contribution in [0.15, 0.2) is 66.8 Å². The van der Waals surface area contributed by atoms with Crippen LogP contribution in [-0.2, 0) is 70.0 Å². The Morgan fingerprint density at radius 2 is 1.22 bits per heavy atom. The van der Waals surface area contributed by atoms with Gasteiger partial charge in [0.05, 0.1) is 32.8 Å². The average molecular weight is 843 g/mol. The molecule has 0 amide bonds. The molecule has 0 radical (unpaired) electrons. The van der Waals surface area contributed by atoms with Crippen LogP contribution in [0.25, 0.3) is 11.1 Å². The second-order valence-electron chi connectivity index (χ2n) is 14.4.